The molecular weight excluding hydrogens is 198 g/mol. The molecule has 0 rings (SSSR count). The van der Waals surface area contributed by atoms with Gasteiger partial charge in [-0.25, -0.2) is 12.7 Å². The molecule has 0 spiro atoms. The van der Waals surface area contributed by atoms with Gasteiger partial charge in [0.15, 0.2) is 0 Å². The van der Waals surface area contributed by atoms with E-state index in [4.69, 9.17) is 0 Å². The summed E-state index contributed by atoms with van der Waals surface area (Å²) in [5, 5.41) is 0. The highest BCUT2D eigenvalue weighted by atomic mass is 32.2. The molecule has 0 radical (unpaired) electrons. The number of hydrogen-bond donors (Lipinski definition) is 0. The highest BCUT2D eigenvalue weighted by Crippen LogP contribution is 2.29. The van der Waals surface area contributed by atoms with Crippen molar-refractivity contribution in [2.45, 2.75) is 34.1 Å². The van der Waals surface area contributed by atoms with E-state index in [1.54, 1.807) is 7.05 Å². The summed E-state index contributed by atoms with van der Waals surface area (Å²) >= 11 is 0. The summed E-state index contributed by atoms with van der Waals surface area (Å²) in [5.74, 6) is 0.405. The molecule has 0 aliphatic carbocycles. The van der Waals surface area contributed by atoms with Crippen LogP contribution in [-0.4, -0.2) is 32.6 Å². The van der Waals surface area contributed by atoms with Crippen LogP contribution in [0.5, 0.6) is 0 Å². The van der Waals surface area contributed by atoms with Gasteiger partial charge in [0.1, 0.15) is 0 Å². The van der Waals surface area contributed by atoms with Crippen LogP contribution in [0.1, 0.15) is 34.1 Å². The Labute approximate surface area is 88.5 Å². The fourth-order valence-corrected chi connectivity index (χ4v) is 1.91. The third-order valence-electron chi connectivity index (χ3n) is 2.76. The van der Waals surface area contributed by atoms with Gasteiger partial charge in [0.05, 0.1) is 6.26 Å². The molecule has 14 heavy (non-hydrogen) atoms. The molecule has 0 aliphatic heterocycles. The molecule has 0 aromatic heterocycles. The van der Waals surface area contributed by atoms with Gasteiger partial charge in [0, 0.05) is 13.6 Å². The van der Waals surface area contributed by atoms with Crippen molar-refractivity contribution in [2.75, 3.05) is 19.8 Å². The second-order valence-corrected chi connectivity index (χ2v) is 7.10. The fourth-order valence-electron chi connectivity index (χ4n) is 1.46. The summed E-state index contributed by atoms with van der Waals surface area (Å²) in [6.45, 7) is 9.16. The quantitative estimate of drug-likeness (QED) is 0.727. The molecule has 3 nitrogen and oxygen atoms in total. The van der Waals surface area contributed by atoms with Crippen molar-refractivity contribution in [3.05, 3.63) is 0 Å². The molecule has 0 N–H and O–H groups in total. The lowest BCUT2D eigenvalue weighted by atomic mass is 9.79. The van der Waals surface area contributed by atoms with Crippen LogP contribution in [0.4, 0.5) is 0 Å². The van der Waals surface area contributed by atoms with Crippen molar-refractivity contribution in [3.63, 3.8) is 0 Å². The van der Waals surface area contributed by atoms with Crippen molar-refractivity contribution >= 4 is 10.0 Å². The summed E-state index contributed by atoms with van der Waals surface area (Å²) in [6, 6.07) is 0. The summed E-state index contributed by atoms with van der Waals surface area (Å²) in [7, 11) is -1.39. The molecule has 4 heteroatoms. The zero-order valence-electron chi connectivity index (χ0n) is 10.2. The van der Waals surface area contributed by atoms with Crippen LogP contribution in [0.15, 0.2) is 0 Å². The average Bonchev–Trinajstić information content (AvgIpc) is 1.95. The van der Waals surface area contributed by atoms with E-state index in [9.17, 15) is 8.42 Å². The number of hydrogen-bond acceptors (Lipinski definition) is 2. The minimum absolute atomic E-state index is 0.160. The summed E-state index contributed by atoms with van der Waals surface area (Å²) in [4.78, 5) is 0. The lowest BCUT2D eigenvalue weighted by Crippen LogP contribution is -2.35. The molecule has 0 heterocycles. The first-order chi connectivity index (χ1) is 6.09. The molecule has 86 valence electrons. The van der Waals surface area contributed by atoms with Gasteiger partial charge in [-0.2, -0.15) is 0 Å². The van der Waals surface area contributed by atoms with E-state index in [0.29, 0.717) is 12.5 Å². The van der Waals surface area contributed by atoms with E-state index >= 15 is 0 Å². The Morgan fingerprint density at radius 3 is 1.93 bits per heavy atom. The Bertz CT molecular complexity index is 264. The molecule has 0 aromatic carbocycles. The molecule has 0 aromatic rings. The maximum atomic E-state index is 11.2. The molecule has 0 fully saturated rings. The van der Waals surface area contributed by atoms with E-state index < -0.39 is 10.0 Å². The standard InChI is InChI=1S/C10H23NO2S/c1-7-9(10(2,3)4)8-11(5)14(6,12)13/h9H,7-8H2,1-6H3. The number of rotatable bonds is 4. The van der Waals surface area contributed by atoms with E-state index in [1.165, 1.54) is 10.6 Å². The van der Waals surface area contributed by atoms with Crippen molar-refractivity contribution in [2.24, 2.45) is 11.3 Å². The van der Waals surface area contributed by atoms with Crippen LogP contribution >= 0.6 is 0 Å². The topological polar surface area (TPSA) is 37.4 Å². The SMILES string of the molecule is CCC(CN(C)S(C)(=O)=O)C(C)(C)C. The highest BCUT2D eigenvalue weighted by Gasteiger charge is 2.26. The fraction of sp³-hybridized carbons (Fsp3) is 1.00. The molecular formula is C10H23NO2S. The Morgan fingerprint density at radius 1 is 1.29 bits per heavy atom. The maximum Gasteiger partial charge on any atom is 0.210 e. The molecule has 0 saturated carbocycles. The average molecular weight is 221 g/mol. The second kappa shape index (κ2) is 4.62. The zero-order valence-corrected chi connectivity index (χ0v) is 11.0. The van der Waals surface area contributed by atoms with Crippen LogP contribution in [0.2, 0.25) is 0 Å². The predicted molar refractivity (Wildman–Crippen MR) is 60.7 cm³/mol. The van der Waals surface area contributed by atoms with E-state index in [-0.39, 0.29) is 5.41 Å². The van der Waals surface area contributed by atoms with Crippen molar-refractivity contribution in [1.29, 1.82) is 0 Å². The Morgan fingerprint density at radius 2 is 1.71 bits per heavy atom. The second-order valence-electron chi connectivity index (χ2n) is 5.01. The molecule has 1 atom stereocenters. The minimum Gasteiger partial charge on any atom is -0.213 e. The largest absolute Gasteiger partial charge is 0.213 e. The van der Waals surface area contributed by atoms with Crippen LogP contribution < -0.4 is 0 Å². The summed E-state index contributed by atoms with van der Waals surface area (Å²) < 4.78 is 23.9. The third-order valence-corrected chi connectivity index (χ3v) is 4.04. The lowest BCUT2D eigenvalue weighted by molar-refractivity contribution is 0.201. The smallest absolute Gasteiger partial charge is 0.210 e. The highest BCUT2D eigenvalue weighted by molar-refractivity contribution is 7.88. The molecule has 0 bridgehead atoms. The van der Waals surface area contributed by atoms with Gasteiger partial charge >= 0.3 is 0 Å². The van der Waals surface area contributed by atoms with E-state index in [0.717, 1.165) is 6.42 Å². The zero-order chi connectivity index (χ0) is 11.6. The molecule has 0 amide bonds. The molecule has 0 saturated heterocycles. The summed E-state index contributed by atoms with van der Waals surface area (Å²) in [6.07, 6.45) is 2.26. The predicted octanol–water partition coefficient (Wildman–Crippen LogP) is 1.95. The first-order valence-corrected chi connectivity index (χ1v) is 6.85. The van der Waals surface area contributed by atoms with Crippen molar-refractivity contribution in [1.82, 2.24) is 4.31 Å². The third kappa shape index (κ3) is 4.42. The van der Waals surface area contributed by atoms with Crippen LogP contribution in [0.25, 0.3) is 0 Å². The van der Waals surface area contributed by atoms with Crippen molar-refractivity contribution in [3.8, 4) is 0 Å². The van der Waals surface area contributed by atoms with Gasteiger partial charge in [-0.3, -0.25) is 0 Å². The van der Waals surface area contributed by atoms with Crippen LogP contribution in [-0.2, 0) is 10.0 Å². The summed E-state index contributed by atoms with van der Waals surface area (Å²) in [5.41, 5.74) is 0.160. The lowest BCUT2D eigenvalue weighted by Gasteiger charge is -2.32. The van der Waals surface area contributed by atoms with Crippen LogP contribution in [0.3, 0.4) is 0 Å². The maximum absolute atomic E-state index is 11.2. The number of sulfonamides is 1. The minimum atomic E-state index is -3.03. The first kappa shape index (κ1) is 13.9. The van der Waals surface area contributed by atoms with Gasteiger partial charge in [-0.05, 0) is 11.3 Å². The van der Waals surface area contributed by atoms with Gasteiger partial charge < -0.3 is 0 Å². The van der Waals surface area contributed by atoms with Gasteiger partial charge in [-0.1, -0.05) is 34.1 Å². The van der Waals surface area contributed by atoms with E-state index in [2.05, 4.69) is 27.7 Å². The van der Waals surface area contributed by atoms with E-state index in [1.807, 2.05) is 0 Å². The van der Waals surface area contributed by atoms with Gasteiger partial charge in [0.2, 0.25) is 10.0 Å². The van der Waals surface area contributed by atoms with Crippen LogP contribution in [0, 0.1) is 11.3 Å². The van der Waals surface area contributed by atoms with Crippen molar-refractivity contribution < 1.29 is 8.42 Å². The van der Waals surface area contributed by atoms with Gasteiger partial charge in [-0.15, -0.1) is 0 Å². The molecule has 0 aliphatic rings. The molecule has 1 unspecified atom stereocenters. The Hall–Kier alpha value is -0.0900. The first-order valence-electron chi connectivity index (χ1n) is 5.00. The Kier molecular flexibility index (Phi) is 4.59. The number of nitrogens with zero attached hydrogens (tertiary/aromatic N) is 1. The Balaban J connectivity index is 4.50. The van der Waals surface area contributed by atoms with Gasteiger partial charge in [0.25, 0.3) is 0 Å². The monoisotopic (exact) mass is 221 g/mol. The normalized spacial score (nSPS) is 15.9.